The number of nitrogens with one attached hydrogen (secondary N) is 6. The molecule has 4 atom stereocenters. The summed E-state index contributed by atoms with van der Waals surface area (Å²) in [6, 6.07) is 12.2. The van der Waals surface area contributed by atoms with Crippen molar-refractivity contribution in [3.63, 3.8) is 0 Å². The number of primary amides is 1. The number of pyridine rings is 1. The van der Waals surface area contributed by atoms with Crippen LogP contribution in [-0.2, 0) is 46.5 Å². The second-order valence-corrected chi connectivity index (χ2v) is 17.0. The highest BCUT2D eigenvalue weighted by atomic mass is 19.1. The Kier molecular flexibility index (Phi) is 19.6. The molecule has 0 fully saturated rings. The topological polar surface area (TPSA) is 259 Å². The van der Waals surface area contributed by atoms with Crippen molar-refractivity contribution in [1.82, 2.24) is 46.4 Å². The van der Waals surface area contributed by atoms with Gasteiger partial charge in [0.2, 0.25) is 41.4 Å². The number of hydrogen-bond acceptors (Lipinski definition) is 10. The summed E-state index contributed by atoms with van der Waals surface area (Å²) in [6.45, 7) is 5.94. The molecule has 2 heterocycles. The summed E-state index contributed by atoms with van der Waals surface area (Å²) in [4.78, 5) is 97.3. The Morgan fingerprint density at radius 3 is 2.15 bits per heavy atom. The fraction of sp³-hybridized carbons (Fsp3) is 0.404. The molecule has 0 saturated carbocycles. The van der Waals surface area contributed by atoms with Gasteiger partial charge >= 0.3 is 0 Å². The van der Waals surface area contributed by atoms with Crippen LogP contribution in [0.25, 0.3) is 11.1 Å². The van der Waals surface area contributed by atoms with E-state index in [-0.39, 0.29) is 38.0 Å². The number of benzene rings is 2. The van der Waals surface area contributed by atoms with E-state index in [1.165, 1.54) is 24.2 Å². The molecule has 0 aliphatic carbocycles. The smallest absolute Gasteiger partial charge is 0.248 e. The highest BCUT2D eigenvalue weighted by Gasteiger charge is 2.38. The molecular weight excluding hydrogens is 871 g/mol. The van der Waals surface area contributed by atoms with E-state index in [1.54, 1.807) is 31.4 Å². The van der Waals surface area contributed by atoms with Gasteiger partial charge in [0.05, 0.1) is 25.4 Å². The van der Waals surface area contributed by atoms with Crippen LogP contribution in [0.3, 0.4) is 0 Å². The molecule has 67 heavy (non-hydrogen) atoms. The van der Waals surface area contributed by atoms with Crippen LogP contribution in [0, 0.1) is 17.0 Å². The summed E-state index contributed by atoms with van der Waals surface area (Å²) in [7, 11) is 1.67. The lowest BCUT2D eigenvalue weighted by atomic mass is 9.82. The van der Waals surface area contributed by atoms with E-state index in [1.807, 2.05) is 55.7 Å². The van der Waals surface area contributed by atoms with E-state index in [2.05, 4.69) is 36.9 Å². The number of hydrogen-bond donors (Lipinski definition) is 8. The van der Waals surface area contributed by atoms with Crippen molar-refractivity contribution in [2.75, 3.05) is 39.8 Å². The molecule has 0 spiro atoms. The number of aliphatic hydroxyl groups excluding tert-OH is 1. The third-order valence-corrected chi connectivity index (χ3v) is 10.6. The molecule has 4 rings (SSSR count). The predicted octanol–water partition coefficient (Wildman–Crippen LogP) is 1.22. The van der Waals surface area contributed by atoms with Gasteiger partial charge in [-0.2, -0.15) is 0 Å². The van der Waals surface area contributed by atoms with E-state index in [0.717, 1.165) is 23.8 Å². The van der Waals surface area contributed by atoms with Crippen LogP contribution in [0.4, 0.5) is 8.78 Å². The maximum Gasteiger partial charge on any atom is 0.248 e. The summed E-state index contributed by atoms with van der Waals surface area (Å²) >= 11 is 0. The highest BCUT2D eigenvalue weighted by molar-refractivity contribution is 5.96. The first-order chi connectivity index (χ1) is 31.8. The van der Waals surface area contributed by atoms with E-state index in [9.17, 15) is 43.1 Å². The molecule has 0 aliphatic heterocycles. The fourth-order valence-corrected chi connectivity index (χ4v) is 7.34. The molecule has 2 aromatic heterocycles. The summed E-state index contributed by atoms with van der Waals surface area (Å²) in [6.07, 6.45) is 3.73. The number of likely N-dealkylation sites (N-methyl/N-ethyl adjacent to an activating group) is 1. The Balaban J connectivity index is 1.60. The summed E-state index contributed by atoms with van der Waals surface area (Å²) in [5.74, 6) is -6.80. The first kappa shape index (κ1) is 52.6. The second-order valence-electron chi connectivity index (χ2n) is 17.0. The normalized spacial score (nSPS) is 13.0. The molecule has 0 radical (unpaired) electrons. The van der Waals surface area contributed by atoms with E-state index in [0.29, 0.717) is 23.4 Å². The van der Waals surface area contributed by atoms with Crippen LogP contribution in [0.1, 0.15) is 63.4 Å². The second kappa shape index (κ2) is 25.0. The lowest BCUT2D eigenvalue weighted by Crippen LogP contribution is -2.58. The summed E-state index contributed by atoms with van der Waals surface area (Å²) in [5.41, 5.74) is 6.99. The van der Waals surface area contributed by atoms with Crippen molar-refractivity contribution in [3.05, 3.63) is 114 Å². The average molecular weight is 931 g/mol. The number of nitrogens with zero attached hydrogens (tertiary/aromatic N) is 3. The van der Waals surface area contributed by atoms with Gasteiger partial charge in [0.1, 0.15) is 36.4 Å². The Morgan fingerprint density at radius 2 is 1.51 bits per heavy atom. The Bertz CT molecular complexity index is 2340. The predicted molar refractivity (Wildman–Crippen MR) is 244 cm³/mol. The number of nitrogens with two attached hydrogens (primary N) is 1. The van der Waals surface area contributed by atoms with Crippen LogP contribution < -0.4 is 37.6 Å². The summed E-state index contributed by atoms with van der Waals surface area (Å²) in [5, 5.41) is 25.8. The Labute approximate surface area is 387 Å². The zero-order chi connectivity index (χ0) is 49.3. The fourth-order valence-electron chi connectivity index (χ4n) is 7.34. The van der Waals surface area contributed by atoms with Gasteiger partial charge < -0.3 is 52.2 Å². The molecule has 0 aliphatic rings. The quantitative estimate of drug-likeness (QED) is 0.0466. The number of rotatable bonds is 24. The van der Waals surface area contributed by atoms with Crippen molar-refractivity contribution < 1.29 is 47.4 Å². The largest absolute Gasteiger partial charge is 0.387 e. The van der Waals surface area contributed by atoms with Crippen LogP contribution in [0.15, 0.2) is 85.3 Å². The first-order valence-corrected chi connectivity index (χ1v) is 21.7. The van der Waals surface area contributed by atoms with Gasteiger partial charge in [-0.05, 0) is 73.3 Å². The van der Waals surface area contributed by atoms with E-state index in [4.69, 9.17) is 5.73 Å². The third-order valence-electron chi connectivity index (χ3n) is 10.6. The minimum atomic E-state index is -1.63. The zero-order valence-corrected chi connectivity index (χ0v) is 38.2. The van der Waals surface area contributed by atoms with Crippen LogP contribution >= 0.6 is 0 Å². The number of amides is 7. The molecule has 0 unspecified atom stereocenters. The monoisotopic (exact) mass is 930 g/mol. The Hall–Kier alpha value is -7.06. The lowest BCUT2D eigenvalue weighted by molar-refractivity contribution is -0.140. The van der Waals surface area contributed by atoms with Gasteiger partial charge in [-0.1, -0.05) is 51.1 Å². The highest BCUT2D eigenvalue weighted by Crippen LogP contribution is 2.41. The lowest BCUT2D eigenvalue weighted by Gasteiger charge is -2.41. The molecule has 20 heteroatoms. The number of aromatic nitrogens is 2. The van der Waals surface area contributed by atoms with E-state index >= 15 is 4.39 Å². The maximum absolute atomic E-state index is 15.3. The molecule has 18 nitrogen and oxygen atoms in total. The zero-order valence-electron chi connectivity index (χ0n) is 38.2. The SMILES string of the molecule is CNCCNC(=O)[C@H](CCN(C(=O)CO)[C@@H](c1cc(-c2cc(F)ccc2F)cn1Cc1ccccc1)C(C)(C)C)NC(=O)[C@H](CC(N)=O)NC(=O)[C@H](C)NC(=O)CNC(=O)Cc1ccncc1. The number of carbonyl (C=O) groups is 7. The number of halogens is 2. The number of aliphatic hydroxyl groups is 1. The van der Waals surface area contributed by atoms with Crippen LogP contribution in [0.2, 0.25) is 0 Å². The van der Waals surface area contributed by atoms with Crippen molar-refractivity contribution in [2.24, 2.45) is 11.1 Å². The molecule has 7 amide bonds. The van der Waals surface area contributed by atoms with E-state index < -0.39 is 102 Å². The third kappa shape index (κ3) is 16.1. The molecular formula is C47H60F2N10O8. The van der Waals surface area contributed by atoms with Crippen LogP contribution in [-0.4, -0.2) is 119 Å². The summed E-state index contributed by atoms with van der Waals surface area (Å²) < 4.78 is 31.6. The Morgan fingerprint density at radius 1 is 0.821 bits per heavy atom. The van der Waals surface area contributed by atoms with Gasteiger partial charge in [-0.25, -0.2) is 8.78 Å². The maximum atomic E-state index is 15.3. The molecule has 360 valence electrons. The van der Waals surface area contributed by atoms with Gasteiger partial charge in [0.25, 0.3) is 0 Å². The molecule has 0 saturated heterocycles. The van der Waals surface area contributed by atoms with Gasteiger partial charge in [-0.15, -0.1) is 0 Å². The van der Waals surface area contributed by atoms with Crippen molar-refractivity contribution in [3.8, 4) is 11.1 Å². The standard InChI is InChI=1S/C47H60F2N10O8/c1-29(55-41(63)25-54-40(62)21-30-13-16-52-17-14-30)44(65)57-37(24-39(50)61)46(67)56-36(45(66)53-19-18-51-5)15-20-59(42(64)28-60)43(47(2,3)4)38-22-32(34-23-33(48)11-12-35(34)49)27-58(38)26-31-9-7-6-8-10-31/h6-14,16-17,22-23,27,29,36-37,43,51,60H,15,18-21,24-26,28H2,1-5H3,(H2,50,61)(H,53,66)(H,54,62)(H,55,63)(H,56,67)(H,57,65)/t29-,36-,37-,43-/m0/s1. The van der Waals surface area contributed by atoms with Crippen molar-refractivity contribution >= 4 is 41.4 Å². The number of carbonyl (C=O) groups excluding carboxylic acids is 7. The molecule has 2 aromatic carbocycles. The van der Waals surface area contributed by atoms with Crippen molar-refractivity contribution in [2.45, 2.75) is 77.7 Å². The van der Waals surface area contributed by atoms with Gasteiger partial charge in [0.15, 0.2) is 0 Å². The average Bonchev–Trinajstić information content (AvgIpc) is 3.68. The van der Waals surface area contributed by atoms with Gasteiger partial charge in [-0.3, -0.25) is 38.5 Å². The van der Waals surface area contributed by atoms with Gasteiger partial charge in [0, 0.05) is 61.6 Å². The minimum absolute atomic E-state index is 0.0126. The first-order valence-electron chi connectivity index (χ1n) is 21.7. The molecule has 0 bridgehead atoms. The van der Waals surface area contributed by atoms with Crippen LogP contribution in [0.5, 0.6) is 0 Å². The van der Waals surface area contributed by atoms with Crippen molar-refractivity contribution in [1.29, 1.82) is 0 Å². The minimum Gasteiger partial charge on any atom is -0.387 e. The molecule has 9 N–H and O–H groups in total. The molecule has 4 aromatic rings.